The Morgan fingerprint density at radius 2 is 1.75 bits per heavy atom. The molecule has 0 unspecified atom stereocenters. The summed E-state index contributed by atoms with van der Waals surface area (Å²) < 4.78 is 0. The van der Waals surface area contributed by atoms with Gasteiger partial charge in [-0.15, -0.1) is 0 Å². The summed E-state index contributed by atoms with van der Waals surface area (Å²) in [5.74, 6) is -0.103. The van der Waals surface area contributed by atoms with Gasteiger partial charge in [-0.05, 0) is 49.4 Å². The van der Waals surface area contributed by atoms with Crippen LogP contribution in [-0.4, -0.2) is 41.3 Å². The highest BCUT2D eigenvalue weighted by Crippen LogP contribution is 2.31. The van der Waals surface area contributed by atoms with Crippen molar-refractivity contribution in [2.45, 2.75) is 25.7 Å². The van der Waals surface area contributed by atoms with Gasteiger partial charge in [0, 0.05) is 29.9 Å². The molecule has 5 rings (SSSR count). The van der Waals surface area contributed by atoms with Gasteiger partial charge in [-0.2, -0.15) is 0 Å². The highest BCUT2D eigenvalue weighted by molar-refractivity contribution is 6.09. The molecule has 0 atom stereocenters. The second kappa shape index (κ2) is 6.82. The van der Waals surface area contributed by atoms with E-state index in [1.807, 2.05) is 42.5 Å². The van der Waals surface area contributed by atoms with Crippen LogP contribution in [0.3, 0.4) is 0 Å². The van der Waals surface area contributed by atoms with Crippen LogP contribution in [0.25, 0.3) is 10.9 Å². The second-order valence-corrected chi connectivity index (χ2v) is 7.62. The number of rotatable bonds is 2. The summed E-state index contributed by atoms with van der Waals surface area (Å²) in [7, 11) is 0. The second-order valence-electron chi connectivity index (χ2n) is 7.62. The number of carbonyl (C=O) groups is 2. The van der Waals surface area contributed by atoms with Crippen LogP contribution in [0.1, 0.15) is 34.5 Å². The number of hydrogen-bond acceptors (Lipinski definition) is 2. The van der Waals surface area contributed by atoms with Crippen molar-refractivity contribution in [2.75, 3.05) is 24.5 Å². The molecule has 1 N–H and O–H groups in total. The molecule has 142 valence electrons. The van der Waals surface area contributed by atoms with E-state index in [0.29, 0.717) is 18.7 Å². The fourth-order valence-corrected chi connectivity index (χ4v) is 4.51. The van der Waals surface area contributed by atoms with E-state index in [9.17, 15) is 9.59 Å². The van der Waals surface area contributed by atoms with E-state index >= 15 is 0 Å². The maximum atomic E-state index is 13.3. The minimum atomic E-state index is -0.0646. The monoisotopic (exact) mass is 373 g/mol. The van der Waals surface area contributed by atoms with Gasteiger partial charge in [0.2, 0.25) is 5.91 Å². The van der Waals surface area contributed by atoms with Crippen LogP contribution in [0.4, 0.5) is 5.69 Å². The number of benzene rings is 2. The summed E-state index contributed by atoms with van der Waals surface area (Å²) in [5, 5.41) is 1.16. The van der Waals surface area contributed by atoms with Crippen LogP contribution in [-0.2, 0) is 17.6 Å². The molecule has 5 heteroatoms. The Labute approximate surface area is 163 Å². The molecule has 1 aliphatic heterocycles. The number of amides is 2. The van der Waals surface area contributed by atoms with Gasteiger partial charge >= 0.3 is 0 Å². The maximum Gasteiger partial charge on any atom is 0.256 e. The molecule has 1 fully saturated rings. The summed E-state index contributed by atoms with van der Waals surface area (Å²) in [6.07, 6.45) is 4.51. The fraction of sp³-hybridized carbons (Fsp3) is 0.304. The Hall–Kier alpha value is -3.08. The van der Waals surface area contributed by atoms with E-state index in [1.54, 1.807) is 9.80 Å². The fourth-order valence-electron chi connectivity index (χ4n) is 4.51. The molecule has 2 amide bonds. The highest BCUT2D eigenvalue weighted by Gasteiger charge is 2.30. The molecule has 3 aromatic rings. The van der Waals surface area contributed by atoms with Gasteiger partial charge in [0.25, 0.3) is 5.91 Å². The van der Waals surface area contributed by atoms with Gasteiger partial charge < -0.3 is 14.8 Å². The topological polar surface area (TPSA) is 56.4 Å². The average Bonchev–Trinajstić information content (AvgIpc) is 3.12. The van der Waals surface area contributed by atoms with Crippen molar-refractivity contribution in [3.05, 3.63) is 65.4 Å². The SMILES string of the molecule is O=C(c1cccc2c3c([nH]c12)CCCC3)N1CCN(c2ccccc2)C(=O)C1. The first-order valence-electron chi connectivity index (χ1n) is 9.99. The number of fused-ring (bicyclic) bond motifs is 3. The predicted molar refractivity (Wildman–Crippen MR) is 110 cm³/mol. The molecule has 2 aliphatic rings. The molecule has 2 heterocycles. The molecule has 1 aliphatic carbocycles. The number of anilines is 1. The minimum Gasteiger partial charge on any atom is -0.358 e. The van der Waals surface area contributed by atoms with Crippen LogP contribution in [0.2, 0.25) is 0 Å². The van der Waals surface area contributed by atoms with Crippen LogP contribution in [0.5, 0.6) is 0 Å². The Kier molecular flexibility index (Phi) is 4.15. The number of aromatic nitrogens is 1. The molecule has 1 saturated heterocycles. The summed E-state index contributed by atoms with van der Waals surface area (Å²) in [4.78, 5) is 32.9. The molecule has 28 heavy (non-hydrogen) atoms. The highest BCUT2D eigenvalue weighted by atomic mass is 16.2. The first kappa shape index (κ1) is 17.0. The van der Waals surface area contributed by atoms with Crippen molar-refractivity contribution < 1.29 is 9.59 Å². The first-order chi connectivity index (χ1) is 13.7. The van der Waals surface area contributed by atoms with Crippen molar-refractivity contribution >= 4 is 28.4 Å². The third-order valence-corrected chi connectivity index (χ3v) is 5.94. The van der Waals surface area contributed by atoms with Gasteiger partial charge in [-0.3, -0.25) is 9.59 Å². The number of para-hydroxylation sites is 2. The number of nitrogens with one attached hydrogen (secondary N) is 1. The molecule has 0 saturated carbocycles. The van der Waals surface area contributed by atoms with E-state index in [1.165, 1.54) is 24.1 Å². The zero-order chi connectivity index (χ0) is 19.1. The Bertz CT molecular complexity index is 1050. The van der Waals surface area contributed by atoms with Gasteiger partial charge in [-0.25, -0.2) is 0 Å². The van der Waals surface area contributed by atoms with Crippen LogP contribution in [0, 0.1) is 0 Å². The van der Waals surface area contributed by atoms with E-state index in [-0.39, 0.29) is 18.4 Å². The Morgan fingerprint density at radius 1 is 0.929 bits per heavy atom. The quantitative estimate of drug-likeness (QED) is 0.747. The number of aromatic amines is 1. The lowest BCUT2D eigenvalue weighted by Crippen LogP contribution is -2.52. The normalized spacial score (nSPS) is 17.1. The molecule has 0 bridgehead atoms. The van der Waals surface area contributed by atoms with E-state index in [2.05, 4.69) is 11.1 Å². The number of nitrogens with zero attached hydrogens (tertiary/aromatic N) is 2. The molecule has 5 nitrogen and oxygen atoms in total. The van der Waals surface area contributed by atoms with Crippen LogP contribution in [0.15, 0.2) is 48.5 Å². The van der Waals surface area contributed by atoms with E-state index in [4.69, 9.17) is 0 Å². The summed E-state index contributed by atoms with van der Waals surface area (Å²) in [6.45, 7) is 1.17. The lowest BCUT2D eigenvalue weighted by molar-refractivity contribution is -0.120. The molecule has 2 aromatic carbocycles. The van der Waals surface area contributed by atoms with Crippen LogP contribution >= 0.6 is 0 Å². The standard InChI is InChI=1S/C23H23N3O2/c27-21-15-25(13-14-26(21)16-7-2-1-3-8-16)23(28)19-11-6-10-18-17-9-4-5-12-20(17)24-22(18)19/h1-3,6-8,10-11,24H,4-5,9,12-15H2. The smallest absolute Gasteiger partial charge is 0.256 e. The third kappa shape index (κ3) is 2.78. The third-order valence-electron chi connectivity index (χ3n) is 5.94. The van der Waals surface area contributed by atoms with Crippen molar-refractivity contribution in [1.29, 1.82) is 0 Å². The van der Waals surface area contributed by atoms with Crippen molar-refractivity contribution in [3.8, 4) is 0 Å². The first-order valence-corrected chi connectivity index (χ1v) is 9.99. The number of piperazine rings is 1. The van der Waals surface area contributed by atoms with Crippen molar-refractivity contribution in [2.24, 2.45) is 0 Å². The zero-order valence-electron chi connectivity index (χ0n) is 15.8. The minimum absolute atomic E-state index is 0.0382. The number of carbonyl (C=O) groups excluding carboxylic acids is 2. The van der Waals surface area contributed by atoms with Crippen LogP contribution < -0.4 is 4.90 Å². The maximum absolute atomic E-state index is 13.3. The number of aryl methyl sites for hydroxylation is 2. The van der Waals surface area contributed by atoms with Gasteiger partial charge in [0.15, 0.2) is 0 Å². The molecule has 1 aromatic heterocycles. The Balaban J connectivity index is 1.42. The molecular formula is C23H23N3O2. The predicted octanol–water partition coefficient (Wildman–Crippen LogP) is 3.54. The lowest BCUT2D eigenvalue weighted by Gasteiger charge is -2.34. The van der Waals surface area contributed by atoms with E-state index < -0.39 is 0 Å². The summed E-state index contributed by atoms with van der Waals surface area (Å²) in [6, 6.07) is 15.6. The largest absolute Gasteiger partial charge is 0.358 e. The van der Waals surface area contributed by atoms with Crippen molar-refractivity contribution in [3.63, 3.8) is 0 Å². The number of hydrogen-bond donors (Lipinski definition) is 1. The lowest BCUT2D eigenvalue weighted by atomic mass is 9.95. The van der Waals surface area contributed by atoms with Gasteiger partial charge in [-0.1, -0.05) is 30.3 Å². The number of H-pyrrole nitrogens is 1. The summed E-state index contributed by atoms with van der Waals surface area (Å²) in [5.41, 5.74) is 5.12. The molecule has 0 spiro atoms. The van der Waals surface area contributed by atoms with Gasteiger partial charge in [0.1, 0.15) is 6.54 Å². The average molecular weight is 373 g/mol. The molecule has 0 radical (unpaired) electrons. The van der Waals surface area contributed by atoms with Gasteiger partial charge in [0.05, 0.1) is 11.1 Å². The van der Waals surface area contributed by atoms with E-state index in [0.717, 1.165) is 29.4 Å². The zero-order valence-corrected chi connectivity index (χ0v) is 15.8. The summed E-state index contributed by atoms with van der Waals surface area (Å²) >= 11 is 0. The Morgan fingerprint density at radius 3 is 2.57 bits per heavy atom. The van der Waals surface area contributed by atoms with Crippen molar-refractivity contribution in [1.82, 2.24) is 9.88 Å². The molecular weight excluding hydrogens is 350 g/mol.